The standard InChI is InChI=1S/C32H63N2O6P/c1-6-8-10-12-14-16-18-19-21-23-25-31(35)30(29-40-41(37,38)39-28-27-34(3,4)5)33-32(36)26-24-22-20-17-15-13-11-9-7-2/h17,20,23,25,30-31,35H,6-16,18-19,21-22,24,26-29H2,1-5H3,(H-,33,36,37,38)/b20-17-,25-23+. The average Bonchev–Trinajstić information content (AvgIpc) is 2.90. The van der Waals surface area contributed by atoms with Crippen LogP contribution in [-0.2, 0) is 18.4 Å². The van der Waals surface area contributed by atoms with Crippen molar-refractivity contribution in [2.24, 2.45) is 0 Å². The second-order valence-corrected chi connectivity index (χ2v) is 13.6. The summed E-state index contributed by atoms with van der Waals surface area (Å²) in [6.45, 7) is 4.52. The van der Waals surface area contributed by atoms with Gasteiger partial charge in [-0.3, -0.25) is 9.36 Å². The summed E-state index contributed by atoms with van der Waals surface area (Å²) in [5, 5.41) is 13.5. The number of quaternary nitrogens is 1. The zero-order valence-electron chi connectivity index (χ0n) is 27.0. The zero-order chi connectivity index (χ0) is 30.8. The minimum Gasteiger partial charge on any atom is -0.756 e. The normalized spacial score (nSPS) is 15.4. The van der Waals surface area contributed by atoms with Crippen LogP contribution in [0.15, 0.2) is 24.3 Å². The Labute approximate surface area is 252 Å². The number of aliphatic hydroxyl groups is 1. The van der Waals surface area contributed by atoms with Crippen molar-refractivity contribution in [3.05, 3.63) is 24.3 Å². The van der Waals surface area contributed by atoms with E-state index in [0.717, 1.165) is 32.1 Å². The second kappa shape index (κ2) is 25.5. The molecule has 0 radical (unpaired) electrons. The first-order chi connectivity index (χ1) is 19.5. The van der Waals surface area contributed by atoms with Crippen molar-refractivity contribution >= 4 is 13.7 Å². The highest BCUT2D eigenvalue weighted by Gasteiger charge is 2.23. The van der Waals surface area contributed by atoms with Crippen molar-refractivity contribution in [1.82, 2.24) is 5.32 Å². The summed E-state index contributed by atoms with van der Waals surface area (Å²) in [6, 6.07) is -0.893. The van der Waals surface area contributed by atoms with Crippen LogP contribution in [0, 0.1) is 0 Å². The summed E-state index contributed by atoms with van der Waals surface area (Å²) in [4.78, 5) is 24.9. The molecule has 0 fully saturated rings. The van der Waals surface area contributed by atoms with Gasteiger partial charge in [0.25, 0.3) is 7.82 Å². The van der Waals surface area contributed by atoms with Crippen molar-refractivity contribution in [2.45, 2.75) is 135 Å². The maximum absolute atomic E-state index is 12.6. The van der Waals surface area contributed by atoms with Gasteiger partial charge < -0.3 is 28.8 Å². The molecule has 2 N–H and O–H groups in total. The first-order valence-corrected chi connectivity index (χ1v) is 17.7. The SMILES string of the molecule is CCCCCC/C=C\CCCC(=O)NC(COP(=O)([O-])OCC[N+](C)(C)C)C(O)/C=C/CCCCCCCCCC. The number of carbonyl (C=O) groups is 1. The predicted octanol–water partition coefficient (Wildman–Crippen LogP) is 6.82. The molecule has 9 heteroatoms. The topological polar surface area (TPSA) is 108 Å². The van der Waals surface area contributed by atoms with Crippen molar-refractivity contribution in [3.63, 3.8) is 0 Å². The van der Waals surface area contributed by atoms with E-state index in [-0.39, 0.29) is 12.5 Å². The Kier molecular flexibility index (Phi) is 24.8. The molecule has 0 aromatic carbocycles. The second-order valence-electron chi connectivity index (χ2n) is 12.2. The minimum atomic E-state index is -4.57. The molecule has 0 aromatic heterocycles. The summed E-state index contributed by atoms with van der Waals surface area (Å²) < 4.78 is 22.9. The van der Waals surface area contributed by atoms with E-state index >= 15 is 0 Å². The van der Waals surface area contributed by atoms with Gasteiger partial charge in [0, 0.05) is 6.42 Å². The maximum atomic E-state index is 12.6. The van der Waals surface area contributed by atoms with Gasteiger partial charge >= 0.3 is 0 Å². The van der Waals surface area contributed by atoms with Crippen LogP contribution in [0.25, 0.3) is 0 Å². The van der Waals surface area contributed by atoms with Crippen LogP contribution in [0.4, 0.5) is 0 Å². The molecule has 0 aliphatic rings. The van der Waals surface area contributed by atoms with E-state index in [1.807, 2.05) is 27.2 Å². The summed E-state index contributed by atoms with van der Waals surface area (Å²) >= 11 is 0. The lowest BCUT2D eigenvalue weighted by Gasteiger charge is -2.29. The summed E-state index contributed by atoms with van der Waals surface area (Å²) in [7, 11) is 1.24. The Bertz CT molecular complexity index is 738. The number of likely N-dealkylation sites (N-methyl/N-ethyl adjacent to an activating group) is 1. The van der Waals surface area contributed by atoms with E-state index in [2.05, 4.69) is 31.3 Å². The third kappa shape index (κ3) is 27.6. The van der Waals surface area contributed by atoms with Gasteiger partial charge in [0.1, 0.15) is 13.2 Å². The van der Waals surface area contributed by atoms with Crippen LogP contribution in [0.5, 0.6) is 0 Å². The molecule has 0 aliphatic heterocycles. The van der Waals surface area contributed by atoms with Gasteiger partial charge in [0.05, 0.1) is 39.9 Å². The number of carbonyl (C=O) groups excluding carboxylic acids is 1. The molecule has 3 atom stereocenters. The lowest BCUT2D eigenvalue weighted by Crippen LogP contribution is -2.45. The van der Waals surface area contributed by atoms with E-state index in [9.17, 15) is 19.4 Å². The molecule has 0 saturated carbocycles. The number of hydrogen-bond acceptors (Lipinski definition) is 6. The predicted molar refractivity (Wildman–Crippen MR) is 168 cm³/mol. The highest BCUT2D eigenvalue weighted by molar-refractivity contribution is 7.45. The van der Waals surface area contributed by atoms with Gasteiger partial charge in [-0.25, -0.2) is 0 Å². The largest absolute Gasteiger partial charge is 0.756 e. The molecule has 0 bridgehead atoms. The number of aliphatic hydroxyl groups excluding tert-OH is 1. The van der Waals surface area contributed by atoms with Crippen LogP contribution in [-0.4, -0.2) is 68.5 Å². The van der Waals surface area contributed by atoms with Crippen molar-refractivity contribution in [1.29, 1.82) is 0 Å². The third-order valence-electron chi connectivity index (χ3n) is 6.91. The van der Waals surface area contributed by atoms with Crippen molar-refractivity contribution < 1.29 is 32.9 Å². The fourth-order valence-electron chi connectivity index (χ4n) is 4.21. The minimum absolute atomic E-state index is 0.00547. The van der Waals surface area contributed by atoms with Gasteiger partial charge in [-0.05, 0) is 38.5 Å². The van der Waals surface area contributed by atoms with Crippen molar-refractivity contribution in [2.75, 3.05) is 40.9 Å². The van der Waals surface area contributed by atoms with E-state index in [1.54, 1.807) is 6.08 Å². The number of nitrogens with zero attached hydrogens (tertiary/aromatic N) is 1. The molecule has 1 amide bonds. The van der Waals surface area contributed by atoms with E-state index < -0.39 is 26.6 Å². The van der Waals surface area contributed by atoms with Crippen LogP contribution < -0.4 is 10.2 Å². The fourth-order valence-corrected chi connectivity index (χ4v) is 4.93. The van der Waals surface area contributed by atoms with Crippen LogP contribution in [0.1, 0.15) is 123 Å². The molecule has 41 heavy (non-hydrogen) atoms. The monoisotopic (exact) mass is 602 g/mol. The molecule has 0 saturated heterocycles. The Morgan fingerprint density at radius 1 is 0.829 bits per heavy atom. The number of phosphoric acid groups is 1. The summed E-state index contributed by atoms with van der Waals surface area (Å²) in [5.74, 6) is -0.239. The Morgan fingerprint density at radius 3 is 1.93 bits per heavy atom. The third-order valence-corrected chi connectivity index (χ3v) is 7.87. The molecule has 0 spiro atoms. The molecular formula is C32H63N2O6P. The van der Waals surface area contributed by atoms with Gasteiger partial charge in [0.15, 0.2) is 0 Å². The molecular weight excluding hydrogens is 539 g/mol. The number of hydrogen-bond donors (Lipinski definition) is 2. The van der Waals surface area contributed by atoms with E-state index in [0.29, 0.717) is 23.9 Å². The van der Waals surface area contributed by atoms with E-state index in [4.69, 9.17) is 9.05 Å². The molecule has 242 valence electrons. The number of allylic oxidation sites excluding steroid dienone is 3. The number of rotatable bonds is 28. The average molecular weight is 603 g/mol. The lowest BCUT2D eigenvalue weighted by molar-refractivity contribution is -0.870. The van der Waals surface area contributed by atoms with Gasteiger partial charge in [-0.15, -0.1) is 0 Å². The Hall–Kier alpha value is -1.02. The number of phosphoric ester groups is 1. The molecule has 8 nitrogen and oxygen atoms in total. The van der Waals surface area contributed by atoms with Gasteiger partial charge in [-0.2, -0.15) is 0 Å². The van der Waals surface area contributed by atoms with Crippen LogP contribution in [0.3, 0.4) is 0 Å². The van der Waals surface area contributed by atoms with Crippen LogP contribution >= 0.6 is 7.82 Å². The van der Waals surface area contributed by atoms with E-state index in [1.165, 1.54) is 64.2 Å². The Balaban J connectivity index is 4.72. The number of nitrogens with one attached hydrogen (secondary N) is 1. The maximum Gasteiger partial charge on any atom is 0.268 e. The quantitative estimate of drug-likeness (QED) is 0.0440. The smallest absolute Gasteiger partial charge is 0.268 e. The molecule has 0 heterocycles. The van der Waals surface area contributed by atoms with Crippen molar-refractivity contribution in [3.8, 4) is 0 Å². The van der Waals surface area contributed by atoms with Crippen LogP contribution in [0.2, 0.25) is 0 Å². The van der Waals surface area contributed by atoms with Gasteiger partial charge in [0.2, 0.25) is 5.91 Å². The molecule has 0 aromatic rings. The number of amides is 1. The molecule has 0 aliphatic carbocycles. The molecule has 3 unspecified atom stereocenters. The first-order valence-electron chi connectivity index (χ1n) is 16.2. The summed E-state index contributed by atoms with van der Waals surface area (Å²) in [5.41, 5.74) is 0. The van der Waals surface area contributed by atoms with Gasteiger partial charge in [-0.1, -0.05) is 102 Å². The Morgan fingerprint density at radius 2 is 1.34 bits per heavy atom. The summed E-state index contributed by atoms with van der Waals surface area (Å²) in [6.07, 6.45) is 25.2. The number of unbranched alkanes of at least 4 members (excludes halogenated alkanes) is 13. The lowest BCUT2D eigenvalue weighted by atomic mass is 10.1. The fraction of sp³-hybridized carbons (Fsp3) is 0.844. The highest BCUT2D eigenvalue weighted by Crippen LogP contribution is 2.38. The first kappa shape index (κ1) is 40.0. The zero-order valence-corrected chi connectivity index (χ0v) is 27.9. The highest BCUT2D eigenvalue weighted by atomic mass is 31.2. The molecule has 0 rings (SSSR count).